The van der Waals surface area contributed by atoms with Crippen LogP contribution >= 0.6 is 46.1 Å². The number of hydrogen-bond donors (Lipinski definition) is 1. The van der Waals surface area contributed by atoms with Gasteiger partial charge in [-0.2, -0.15) is 0 Å². The number of hydrogen-bond acceptors (Lipinski definition) is 4. The predicted octanol–water partition coefficient (Wildman–Crippen LogP) is 8.84. The molecule has 3 aromatic carbocycles. The number of carbonyl (C=O) groups is 1. The number of fused-ring (bicyclic) bond motifs is 1. The first kappa shape index (κ1) is 22.7. The van der Waals surface area contributed by atoms with Crippen molar-refractivity contribution in [2.45, 2.75) is 0 Å². The van der Waals surface area contributed by atoms with Crippen LogP contribution in [0.1, 0.15) is 5.76 Å². The molecular formula is C26H15Cl3N2O2S. The molecule has 0 unspecified atom stereocenters. The smallest absolute Gasteiger partial charge is 0.248 e. The van der Waals surface area contributed by atoms with E-state index in [2.05, 4.69) is 10.3 Å². The first-order valence-electron chi connectivity index (χ1n) is 10.2. The number of amides is 1. The van der Waals surface area contributed by atoms with Crippen LogP contribution in [0, 0.1) is 0 Å². The van der Waals surface area contributed by atoms with Crippen molar-refractivity contribution in [2.75, 3.05) is 5.32 Å². The Morgan fingerprint density at radius 3 is 2.53 bits per heavy atom. The summed E-state index contributed by atoms with van der Waals surface area (Å²) in [7, 11) is 0. The molecule has 5 rings (SSSR count). The summed E-state index contributed by atoms with van der Waals surface area (Å²) in [4.78, 5) is 17.4. The Bertz CT molecular complexity index is 1500. The van der Waals surface area contributed by atoms with Crippen molar-refractivity contribution in [3.8, 4) is 21.9 Å². The van der Waals surface area contributed by atoms with Crippen molar-refractivity contribution in [1.29, 1.82) is 0 Å². The minimum atomic E-state index is -0.365. The number of thiazole rings is 1. The van der Waals surface area contributed by atoms with Crippen LogP contribution in [0.15, 0.2) is 83.3 Å². The van der Waals surface area contributed by atoms with Crippen LogP contribution in [-0.2, 0) is 4.79 Å². The molecule has 2 aromatic heterocycles. The predicted molar refractivity (Wildman–Crippen MR) is 142 cm³/mol. The number of anilines is 1. The van der Waals surface area contributed by atoms with Crippen LogP contribution < -0.4 is 5.32 Å². The fourth-order valence-electron chi connectivity index (χ4n) is 3.39. The van der Waals surface area contributed by atoms with E-state index in [1.54, 1.807) is 36.4 Å². The number of rotatable bonds is 5. The maximum atomic E-state index is 12.7. The minimum Gasteiger partial charge on any atom is -0.457 e. The molecule has 0 spiro atoms. The van der Waals surface area contributed by atoms with Gasteiger partial charge in [0.1, 0.15) is 16.5 Å². The number of benzene rings is 3. The molecule has 0 aliphatic carbocycles. The molecule has 168 valence electrons. The summed E-state index contributed by atoms with van der Waals surface area (Å²) < 4.78 is 6.84. The van der Waals surface area contributed by atoms with E-state index in [0.717, 1.165) is 15.8 Å². The molecule has 8 heteroatoms. The van der Waals surface area contributed by atoms with Crippen LogP contribution in [-0.4, -0.2) is 10.9 Å². The van der Waals surface area contributed by atoms with Crippen LogP contribution in [0.25, 0.3) is 38.2 Å². The lowest BCUT2D eigenvalue weighted by Crippen LogP contribution is -2.09. The van der Waals surface area contributed by atoms with Crippen LogP contribution in [0.4, 0.5) is 5.69 Å². The van der Waals surface area contributed by atoms with Crippen molar-refractivity contribution in [3.05, 3.63) is 99.7 Å². The van der Waals surface area contributed by atoms with Crippen molar-refractivity contribution in [2.24, 2.45) is 0 Å². The average Bonchev–Trinajstić information content (AvgIpc) is 3.47. The number of carbonyl (C=O) groups excluding carboxylic acids is 1. The monoisotopic (exact) mass is 524 g/mol. The Kier molecular flexibility index (Phi) is 6.44. The lowest BCUT2D eigenvalue weighted by molar-refractivity contribution is -0.111. The second kappa shape index (κ2) is 9.65. The van der Waals surface area contributed by atoms with Crippen LogP contribution in [0.2, 0.25) is 15.1 Å². The molecule has 0 aliphatic rings. The first-order chi connectivity index (χ1) is 16.5. The zero-order valence-electron chi connectivity index (χ0n) is 17.4. The van der Waals surface area contributed by atoms with Crippen LogP contribution in [0.5, 0.6) is 0 Å². The zero-order chi connectivity index (χ0) is 23.7. The number of furan rings is 1. The van der Waals surface area contributed by atoms with Crippen molar-refractivity contribution in [1.82, 2.24) is 4.98 Å². The quantitative estimate of drug-likeness (QED) is 0.233. The SMILES string of the molecule is O=C(/C=C/c1ccc(-c2ccc(Cl)cc2)o1)Nc1c(Cl)cc(Cl)cc1-c1nc2ccccc2s1. The fourth-order valence-corrected chi connectivity index (χ4v) is 5.05. The maximum Gasteiger partial charge on any atom is 0.248 e. The Morgan fingerprint density at radius 2 is 1.74 bits per heavy atom. The minimum absolute atomic E-state index is 0.325. The summed E-state index contributed by atoms with van der Waals surface area (Å²) >= 11 is 20.1. The van der Waals surface area contributed by atoms with Gasteiger partial charge in [-0.15, -0.1) is 11.3 Å². The van der Waals surface area contributed by atoms with Gasteiger partial charge in [-0.1, -0.05) is 46.9 Å². The molecule has 0 saturated heterocycles. The lowest BCUT2D eigenvalue weighted by atomic mass is 10.1. The van der Waals surface area contributed by atoms with Gasteiger partial charge in [0.2, 0.25) is 5.91 Å². The summed E-state index contributed by atoms with van der Waals surface area (Å²) in [5.41, 5.74) is 2.86. The van der Waals surface area contributed by atoms with Gasteiger partial charge < -0.3 is 9.73 Å². The lowest BCUT2D eigenvalue weighted by Gasteiger charge is -2.11. The topological polar surface area (TPSA) is 55.1 Å². The van der Waals surface area contributed by atoms with E-state index < -0.39 is 0 Å². The molecule has 2 heterocycles. The van der Waals surface area contributed by atoms with Gasteiger partial charge in [0, 0.05) is 27.2 Å². The third-order valence-electron chi connectivity index (χ3n) is 4.98. The van der Waals surface area contributed by atoms with Gasteiger partial charge >= 0.3 is 0 Å². The summed E-state index contributed by atoms with van der Waals surface area (Å²) in [5.74, 6) is 0.848. The van der Waals surface area contributed by atoms with Gasteiger partial charge in [0.15, 0.2) is 0 Å². The molecule has 5 aromatic rings. The van der Waals surface area contributed by atoms with Crippen molar-refractivity contribution >= 4 is 74.0 Å². The molecule has 4 nitrogen and oxygen atoms in total. The largest absolute Gasteiger partial charge is 0.457 e. The molecule has 0 radical (unpaired) electrons. The standard InChI is InChI=1S/C26H15Cl3N2O2S/c27-16-7-5-15(6-8-16)22-11-9-18(33-22)10-12-24(32)31-25-19(13-17(28)14-20(25)29)26-30-21-3-1-2-4-23(21)34-26/h1-14H,(H,31,32)/b12-10+. The van der Waals surface area contributed by atoms with E-state index >= 15 is 0 Å². The van der Waals surface area contributed by atoms with Gasteiger partial charge in [0.05, 0.1) is 20.9 Å². The van der Waals surface area contributed by atoms with Crippen molar-refractivity contribution in [3.63, 3.8) is 0 Å². The van der Waals surface area contributed by atoms with Gasteiger partial charge in [-0.3, -0.25) is 4.79 Å². The molecule has 0 atom stereocenters. The van der Waals surface area contributed by atoms with E-state index in [1.807, 2.05) is 42.5 Å². The molecule has 0 aliphatic heterocycles. The Hall–Kier alpha value is -3.09. The molecular weight excluding hydrogens is 511 g/mol. The number of para-hydroxylation sites is 1. The molecule has 1 N–H and O–H groups in total. The van der Waals surface area contributed by atoms with E-state index in [-0.39, 0.29) is 5.91 Å². The highest BCUT2D eigenvalue weighted by Crippen LogP contribution is 2.40. The Labute approximate surface area is 214 Å². The summed E-state index contributed by atoms with van der Waals surface area (Å²) in [5, 5.41) is 5.00. The number of halogens is 3. The van der Waals surface area contributed by atoms with Gasteiger partial charge in [-0.25, -0.2) is 4.98 Å². The highest BCUT2D eigenvalue weighted by atomic mass is 35.5. The third-order valence-corrected chi connectivity index (χ3v) is 6.82. The van der Waals surface area contributed by atoms with E-state index in [9.17, 15) is 4.79 Å². The van der Waals surface area contributed by atoms with Crippen LogP contribution in [0.3, 0.4) is 0 Å². The van der Waals surface area contributed by atoms with E-state index in [4.69, 9.17) is 39.2 Å². The van der Waals surface area contributed by atoms with Gasteiger partial charge in [0.25, 0.3) is 0 Å². The molecule has 34 heavy (non-hydrogen) atoms. The normalized spacial score (nSPS) is 11.4. The number of nitrogens with one attached hydrogen (secondary N) is 1. The first-order valence-corrected chi connectivity index (χ1v) is 12.1. The molecule has 1 amide bonds. The summed E-state index contributed by atoms with van der Waals surface area (Å²) in [6.07, 6.45) is 2.98. The Balaban J connectivity index is 1.39. The molecule has 0 fully saturated rings. The van der Waals surface area contributed by atoms with E-state index in [0.29, 0.717) is 42.8 Å². The number of aromatic nitrogens is 1. The van der Waals surface area contributed by atoms with Crippen molar-refractivity contribution < 1.29 is 9.21 Å². The highest BCUT2D eigenvalue weighted by molar-refractivity contribution is 7.21. The number of nitrogens with zero attached hydrogens (tertiary/aromatic N) is 1. The fraction of sp³-hybridized carbons (Fsp3) is 0. The maximum absolute atomic E-state index is 12.7. The summed E-state index contributed by atoms with van der Waals surface area (Å²) in [6, 6.07) is 22.1. The molecule has 0 saturated carbocycles. The zero-order valence-corrected chi connectivity index (χ0v) is 20.5. The second-order valence-corrected chi connectivity index (χ2v) is 9.64. The highest BCUT2D eigenvalue weighted by Gasteiger charge is 2.16. The summed E-state index contributed by atoms with van der Waals surface area (Å²) in [6.45, 7) is 0. The average molecular weight is 526 g/mol. The molecule has 0 bridgehead atoms. The van der Waals surface area contributed by atoms with E-state index in [1.165, 1.54) is 17.4 Å². The second-order valence-electron chi connectivity index (χ2n) is 7.33. The Morgan fingerprint density at radius 1 is 0.941 bits per heavy atom. The van der Waals surface area contributed by atoms with Gasteiger partial charge in [-0.05, 0) is 66.7 Å². The third kappa shape index (κ3) is 4.88.